The summed E-state index contributed by atoms with van der Waals surface area (Å²) in [5.41, 5.74) is 0.373. The molecule has 0 saturated carbocycles. The number of anilines is 1. The lowest BCUT2D eigenvalue weighted by molar-refractivity contribution is -0.961. The van der Waals surface area contributed by atoms with E-state index in [2.05, 4.69) is 10.6 Å². The summed E-state index contributed by atoms with van der Waals surface area (Å²) < 4.78 is 0. The number of carbonyl (C=O) groups is 2. The normalized spacial score (nSPS) is 17.0. The summed E-state index contributed by atoms with van der Waals surface area (Å²) >= 11 is 11.9. The van der Waals surface area contributed by atoms with Gasteiger partial charge < -0.3 is 25.4 Å². The second kappa shape index (κ2) is 7.78. The summed E-state index contributed by atoms with van der Waals surface area (Å²) in [6, 6.07) is 4.03. The van der Waals surface area contributed by atoms with Crippen molar-refractivity contribution in [1.29, 1.82) is 0 Å². The van der Waals surface area contributed by atoms with Crippen molar-refractivity contribution in [1.82, 2.24) is 0 Å². The SMILES string of the molecule is O=C(C[C@@H](C(=O)[O-])[NH+]1CC[NH2+]CC1)Nc1cccc(Cl)c1Cl. The number of piperazine rings is 1. The molecule has 1 aliphatic heterocycles. The number of hydrogen-bond donors (Lipinski definition) is 3. The third-order valence-electron chi connectivity index (χ3n) is 3.73. The summed E-state index contributed by atoms with van der Waals surface area (Å²) in [6.07, 6.45) is -0.152. The molecule has 6 nitrogen and oxygen atoms in total. The van der Waals surface area contributed by atoms with Crippen LogP contribution in [0.5, 0.6) is 0 Å². The molecule has 1 amide bonds. The third-order valence-corrected chi connectivity index (χ3v) is 4.55. The average Bonchev–Trinajstić information content (AvgIpc) is 2.50. The fraction of sp³-hybridized carbons (Fsp3) is 0.429. The predicted octanol–water partition coefficient (Wildman–Crippen LogP) is -2.10. The van der Waals surface area contributed by atoms with E-state index in [9.17, 15) is 14.7 Å². The maximum atomic E-state index is 12.1. The van der Waals surface area contributed by atoms with E-state index in [1.165, 1.54) is 0 Å². The summed E-state index contributed by atoms with van der Waals surface area (Å²) in [6.45, 7) is 3.09. The first-order valence-electron chi connectivity index (χ1n) is 7.10. The molecule has 1 aromatic rings. The van der Waals surface area contributed by atoms with Gasteiger partial charge in [0.15, 0.2) is 0 Å². The molecule has 1 saturated heterocycles. The van der Waals surface area contributed by atoms with Gasteiger partial charge >= 0.3 is 0 Å². The highest BCUT2D eigenvalue weighted by molar-refractivity contribution is 6.43. The zero-order valence-corrected chi connectivity index (χ0v) is 13.4. The highest BCUT2D eigenvalue weighted by atomic mass is 35.5. The number of carbonyl (C=O) groups excluding carboxylic acids is 2. The molecular formula is C14H18Cl2N3O3+. The first-order valence-corrected chi connectivity index (χ1v) is 7.85. The standard InChI is InChI=1S/C14H17Cl2N3O3/c15-9-2-1-3-10(13(9)16)18-12(20)8-11(14(21)22)19-6-4-17-5-7-19/h1-3,11,17H,4-8H2,(H,18,20)(H,21,22)/p+1/t11-/m0/s1. The number of nitrogens with two attached hydrogens (primary N) is 1. The van der Waals surface area contributed by atoms with Gasteiger partial charge in [-0.1, -0.05) is 29.3 Å². The molecule has 120 valence electrons. The van der Waals surface area contributed by atoms with Crippen LogP contribution in [0.3, 0.4) is 0 Å². The van der Waals surface area contributed by atoms with Crippen molar-refractivity contribution in [2.45, 2.75) is 12.5 Å². The molecule has 4 N–H and O–H groups in total. The average molecular weight is 347 g/mol. The van der Waals surface area contributed by atoms with Gasteiger partial charge in [-0.3, -0.25) is 4.79 Å². The molecule has 0 bridgehead atoms. The van der Waals surface area contributed by atoms with Crippen molar-refractivity contribution in [2.24, 2.45) is 0 Å². The highest BCUT2D eigenvalue weighted by Gasteiger charge is 2.29. The quantitative estimate of drug-likeness (QED) is 0.570. The molecule has 0 aliphatic carbocycles. The van der Waals surface area contributed by atoms with Crippen LogP contribution in [0, 0.1) is 0 Å². The predicted molar refractivity (Wildman–Crippen MR) is 80.9 cm³/mol. The van der Waals surface area contributed by atoms with E-state index >= 15 is 0 Å². The Morgan fingerprint density at radius 1 is 1.32 bits per heavy atom. The van der Waals surface area contributed by atoms with E-state index in [-0.39, 0.29) is 11.4 Å². The smallest absolute Gasteiger partial charge is 0.230 e. The molecule has 1 atom stereocenters. The van der Waals surface area contributed by atoms with Crippen LogP contribution in [0.25, 0.3) is 0 Å². The molecule has 2 rings (SSSR count). The van der Waals surface area contributed by atoms with Crippen molar-refractivity contribution in [3.05, 3.63) is 28.2 Å². The number of benzene rings is 1. The fourth-order valence-electron chi connectivity index (χ4n) is 2.57. The fourth-order valence-corrected chi connectivity index (χ4v) is 2.92. The van der Waals surface area contributed by atoms with Crippen LogP contribution in [0.2, 0.25) is 10.0 Å². The Kier molecular flexibility index (Phi) is 6.02. The lowest BCUT2D eigenvalue weighted by Gasteiger charge is -2.30. The van der Waals surface area contributed by atoms with Crippen molar-refractivity contribution < 1.29 is 24.9 Å². The number of nitrogens with one attached hydrogen (secondary N) is 2. The van der Waals surface area contributed by atoms with E-state index in [4.69, 9.17) is 23.2 Å². The summed E-state index contributed by atoms with van der Waals surface area (Å²) in [5.74, 6) is -1.62. The van der Waals surface area contributed by atoms with Crippen molar-refractivity contribution >= 4 is 40.8 Å². The first kappa shape index (κ1) is 17.0. The maximum absolute atomic E-state index is 12.1. The van der Waals surface area contributed by atoms with Gasteiger partial charge in [-0.25, -0.2) is 0 Å². The summed E-state index contributed by atoms with van der Waals surface area (Å²) in [7, 11) is 0. The molecule has 1 heterocycles. The van der Waals surface area contributed by atoms with Crippen LogP contribution >= 0.6 is 23.2 Å². The number of quaternary nitrogens is 2. The Balaban J connectivity index is 2.02. The molecule has 22 heavy (non-hydrogen) atoms. The van der Waals surface area contributed by atoms with E-state index in [0.29, 0.717) is 23.8 Å². The van der Waals surface area contributed by atoms with Gasteiger partial charge in [0.25, 0.3) is 0 Å². The van der Waals surface area contributed by atoms with Crippen LogP contribution in [0.4, 0.5) is 5.69 Å². The largest absolute Gasteiger partial charge is 0.544 e. The molecule has 1 aliphatic rings. The number of amides is 1. The number of halogens is 2. The highest BCUT2D eigenvalue weighted by Crippen LogP contribution is 2.29. The number of carboxylic acids is 1. The molecule has 0 unspecified atom stereocenters. The molecule has 8 heteroatoms. The molecule has 1 fully saturated rings. The van der Waals surface area contributed by atoms with Gasteiger partial charge in [-0.05, 0) is 12.1 Å². The van der Waals surface area contributed by atoms with E-state index < -0.39 is 17.9 Å². The lowest BCUT2D eigenvalue weighted by Crippen LogP contribution is -3.24. The number of rotatable bonds is 5. The second-order valence-electron chi connectivity index (χ2n) is 5.25. The monoisotopic (exact) mass is 346 g/mol. The third kappa shape index (κ3) is 4.33. The summed E-state index contributed by atoms with van der Waals surface area (Å²) in [4.78, 5) is 24.3. The number of carboxylic acid groups (broad SMARTS) is 1. The van der Waals surface area contributed by atoms with Crippen LogP contribution in [0.1, 0.15) is 6.42 Å². The van der Waals surface area contributed by atoms with Gasteiger partial charge in [0.2, 0.25) is 5.91 Å². The van der Waals surface area contributed by atoms with Crippen LogP contribution < -0.4 is 20.6 Å². The van der Waals surface area contributed by atoms with Crippen LogP contribution in [-0.4, -0.2) is 44.1 Å². The van der Waals surface area contributed by atoms with Crippen molar-refractivity contribution in [3.63, 3.8) is 0 Å². The van der Waals surface area contributed by atoms with E-state index in [0.717, 1.165) is 18.0 Å². The minimum atomic E-state index is -1.20. The zero-order chi connectivity index (χ0) is 16.1. The van der Waals surface area contributed by atoms with Gasteiger partial charge in [-0.2, -0.15) is 0 Å². The molecule has 0 spiro atoms. The minimum absolute atomic E-state index is 0.152. The van der Waals surface area contributed by atoms with Gasteiger partial charge in [0.05, 0.1) is 28.1 Å². The first-order chi connectivity index (χ1) is 10.5. The number of aliphatic carboxylic acids is 1. The molecule has 0 radical (unpaired) electrons. The van der Waals surface area contributed by atoms with Gasteiger partial charge in [-0.15, -0.1) is 0 Å². The second-order valence-corrected chi connectivity index (χ2v) is 6.03. The Morgan fingerprint density at radius 2 is 2.00 bits per heavy atom. The van der Waals surface area contributed by atoms with E-state index in [1.807, 2.05) is 0 Å². The Morgan fingerprint density at radius 3 is 2.64 bits per heavy atom. The van der Waals surface area contributed by atoms with Gasteiger partial charge in [0, 0.05) is 0 Å². The Bertz CT molecular complexity index is 562. The Hall–Kier alpha value is -1.34. The van der Waals surface area contributed by atoms with E-state index in [1.54, 1.807) is 18.2 Å². The summed E-state index contributed by atoms with van der Waals surface area (Å²) in [5, 5.41) is 16.6. The van der Waals surface area contributed by atoms with Crippen LogP contribution in [-0.2, 0) is 9.59 Å². The molecular weight excluding hydrogens is 329 g/mol. The van der Waals surface area contributed by atoms with Crippen LogP contribution in [0.15, 0.2) is 18.2 Å². The topological polar surface area (TPSA) is 90.3 Å². The molecule has 0 aromatic heterocycles. The Labute approximate surface area is 138 Å². The maximum Gasteiger partial charge on any atom is 0.230 e. The van der Waals surface area contributed by atoms with Crippen molar-refractivity contribution in [3.8, 4) is 0 Å². The number of hydrogen-bond acceptors (Lipinski definition) is 3. The molecule has 1 aromatic carbocycles. The minimum Gasteiger partial charge on any atom is -0.544 e. The zero-order valence-electron chi connectivity index (χ0n) is 11.9. The van der Waals surface area contributed by atoms with Crippen molar-refractivity contribution in [2.75, 3.05) is 31.5 Å². The lowest BCUT2D eigenvalue weighted by atomic mass is 10.1. The van der Waals surface area contributed by atoms with Gasteiger partial charge in [0.1, 0.15) is 32.2 Å².